The molecule has 3 rings (SSSR count). The first-order valence-electron chi connectivity index (χ1n) is 9.05. The third-order valence-electron chi connectivity index (χ3n) is 5.88. The molecule has 132 valence electrons. The standard InChI is InChI=1S/C20H29NO3/c1-13-11-19(23-4)15(3)18-12-16(5-6-17(13)18)14(2)20(22)21-7-9-24-10-8-21/h11,14,16H,5-10,12H2,1-4H3. The number of ether oxygens (including phenoxy) is 2. The number of hydrogen-bond donors (Lipinski definition) is 0. The van der Waals surface area contributed by atoms with Gasteiger partial charge in [0.15, 0.2) is 0 Å². The molecule has 1 aromatic rings. The van der Waals surface area contributed by atoms with Crippen LogP contribution in [0.3, 0.4) is 0 Å². The van der Waals surface area contributed by atoms with E-state index < -0.39 is 0 Å². The smallest absolute Gasteiger partial charge is 0.225 e. The molecule has 2 unspecified atom stereocenters. The highest BCUT2D eigenvalue weighted by atomic mass is 16.5. The highest BCUT2D eigenvalue weighted by Crippen LogP contribution is 2.37. The van der Waals surface area contributed by atoms with Crippen molar-refractivity contribution >= 4 is 5.91 Å². The molecule has 2 aliphatic rings. The molecule has 1 amide bonds. The van der Waals surface area contributed by atoms with Crippen LogP contribution in [-0.2, 0) is 22.4 Å². The fourth-order valence-electron chi connectivity index (χ4n) is 4.24. The highest BCUT2D eigenvalue weighted by molar-refractivity contribution is 5.79. The molecule has 1 aliphatic carbocycles. The van der Waals surface area contributed by atoms with Crippen molar-refractivity contribution in [1.29, 1.82) is 0 Å². The summed E-state index contributed by atoms with van der Waals surface area (Å²) in [6.07, 6.45) is 3.14. The number of fused-ring (bicyclic) bond motifs is 1. The summed E-state index contributed by atoms with van der Waals surface area (Å²) < 4.78 is 10.9. The van der Waals surface area contributed by atoms with E-state index in [1.54, 1.807) is 7.11 Å². The van der Waals surface area contributed by atoms with Gasteiger partial charge < -0.3 is 14.4 Å². The zero-order valence-electron chi connectivity index (χ0n) is 15.4. The summed E-state index contributed by atoms with van der Waals surface area (Å²) in [6, 6.07) is 2.15. The van der Waals surface area contributed by atoms with Crippen LogP contribution in [0.2, 0.25) is 0 Å². The monoisotopic (exact) mass is 331 g/mol. The molecule has 24 heavy (non-hydrogen) atoms. The SMILES string of the molecule is COc1cc(C)c2c(c1C)CC(C(C)C(=O)N1CCOCC1)CC2. The first-order chi connectivity index (χ1) is 11.5. The van der Waals surface area contributed by atoms with Crippen LogP contribution in [0, 0.1) is 25.7 Å². The summed E-state index contributed by atoms with van der Waals surface area (Å²) in [5.74, 6) is 1.75. The van der Waals surface area contributed by atoms with Gasteiger partial charge in [-0.15, -0.1) is 0 Å². The maximum Gasteiger partial charge on any atom is 0.225 e. The van der Waals surface area contributed by atoms with Crippen LogP contribution in [0.15, 0.2) is 6.07 Å². The predicted molar refractivity (Wildman–Crippen MR) is 94.5 cm³/mol. The number of methoxy groups -OCH3 is 1. The minimum absolute atomic E-state index is 0.0714. The van der Waals surface area contributed by atoms with Gasteiger partial charge in [-0.2, -0.15) is 0 Å². The van der Waals surface area contributed by atoms with Gasteiger partial charge in [-0.05, 0) is 67.3 Å². The lowest BCUT2D eigenvalue weighted by Crippen LogP contribution is -2.45. The molecule has 1 saturated heterocycles. The van der Waals surface area contributed by atoms with E-state index in [1.807, 2.05) is 4.90 Å². The fourth-order valence-corrected chi connectivity index (χ4v) is 4.24. The van der Waals surface area contributed by atoms with Gasteiger partial charge in [0.2, 0.25) is 5.91 Å². The summed E-state index contributed by atoms with van der Waals surface area (Å²) in [7, 11) is 1.74. The van der Waals surface area contributed by atoms with Crippen LogP contribution in [0.5, 0.6) is 5.75 Å². The number of aryl methyl sites for hydroxylation is 1. The minimum Gasteiger partial charge on any atom is -0.496 e. The number of rotatable bonds is 3. The Morgan fingerprint density at radius 1 is 1.29 bits per heavy atom. The summed E-state index contributed by atoms with van der Waals surface area (Å²) in [6.45, 7) is 9.23. The Kier molecular flexibility index (Phi) is 5.14. The van der Waals surface area contributed by atoms with Gasteiger partial charge in [0.25, 0.3) is 0 Å². The molecule has 0 aromatic heterocycles. The number of carbonyl (C=O) groups excluding carboxylic acids is 1. The van der Waals surface area contributed by atoms with Crippen molar-refractivity contribution in [2.45, 2.75) is 40.0 Å². The number of carbonyl (C=O) groups is 1. The second kappa shape index (κ2) is 7.14. The molecular formula is C20H29NO3. The van der Waals surface area contributed by atoms with E-state index in [0.29, 0.717) is 25.0 Å². The molecule has 1 heterocycles. The zero-order valence-corrected chi connectivity index (χ0v) is 15.4. The van der Waals surface area contributed by atoms with Gasteiger partial charge in [-0.3, -0.25) is 4.79 Å². The van der Waals surface area contributed by atoms with Gasteiger partial charge in [-0.1, -0.05) is 6.92 Å². The van der Waals surface area contributed by atoms with E-state index in [0.717, 1.165) is 38.1 Å². The normalized spacial score (nSPS) is 22.0. The first kappa shape index (κ1) is 17.3. The topological polar surface area (TPSA) is 38.8 Å². The Morgan fingerprint density at radius 3 is 2.67 bits per heavy atom. The second-order valence-corrected chi connectivity index (χ2v) is 7.21. The lowest BCUT2D eigenvalue weighted by Gasteiger charge is -2.35. The van der Waals surface area contributed by atoms with Crippen LogP contribution in [0.1, 0.15) is 35.6 Å². The average molecular weight is 331 g/mol. The molecule has 0 N–H and O–H groups in total. The van der Waals surface area contributed by atoms with E-state index in [4.69, 9.17) is 9.47 Å². The first-order valence-corrected chi connectivity index (χ1v) is 9.05. The zero-order chi connectivity index (χ0) is 17.3. The second-order valence-electron chi connectivity index (χ2n) is 7.21. The Morgan fingerprint density at radius 2 is 2.00 bits per heavy atom. The molecule has 0 spiro atoms. The van der Waals surface area contributed by atoms with Gasteiger partial charge in [0.1, 0.15) is 5.75 Å². The molecule has 1 aromatic carbocycles. The van der Waals surface area contributed by atoms with Gasteiger partial charge in [-0.25, -0.2) is 0 Å². The summed E-state index contributed by atoms with van der Waals surface area (Å²) in [5.41, 5.74) is 5.44. The quantitative estimate of drug-likeness (QED) is 0.855. The van der Waals surface area contributed by atoms with Crippen molar-refractivity contribution in [1.82, 2.24) is 4.90 Å². The van der Waals surface area contributed by atoms with E-state index in [1.165, 1.54) is 22.3 Å². The van der Waals surface area contributed by atoms with Crippen molar-refractivity contribution in [2.75, 3.05) is 33.4 Å². The fraction of sp³-hybridized carbons (Fsp3) is 0.650. The molecule has 0 bridgehead atoms. The third kappa shape index (κ3) is 3.16. The summed E-state index contributed by atoms with van der Waals surface area (Å²) in [5, 5.41) is 0. The molecule has 0 radical (unpaired) electrons. The number of amides is 1. The molecule has 4 heteroatoms. The van der Waals surface area contributed by atoms with Crippen LogP contribution in [0.25, 0.3) is 0 Å². The maximum absolute atomic E-state index is 12.8. The predicted octanol–water partition coefficient (Wildman–Crippen LogP) is 2.91. The van der Waals surface area contributed by atoms with Crippen molar-refractivity contribution in [3.63, 3.8) is 0 Å². The lowest BCUT2D eigenvalue weighted by molar-refractivity contribution is -0.141. The van der Waals surface area contributed by atoms with Crippen LogP contribution in [0.4, 0.5) is 0 Å². The number of hydrogen-bond acceptors (Lipinski definition) is 3. The molecule has 1 fully saturated rings. The molecule has 1 aliphatic heterocycles. The van der Waals surface area contributed by atoms with Crippen LogP contribution >= 0.6 is 0 Å². The summed E-state index contributed by atoms with van der Waals surface area (Å²) >= 11 is 0. The largest absolute Gasteiger partial charge is 0.496 e. The van der Waals surface area contributed by atoms with Crippen molar-refractivity contribution < 1.29 is 14.3 Å². The number of morpholine rings is 1. The van der Waals surface area contributed by atoms with Crippen molar-refractivity contribution in [3.05, 3.63) is 28.3 Å². The van der Waals surface area contributed by atoms with Gasteiger partial charge in [0, 0.05) is 19.0 Å². The summed E-state index contributed by atoms with van der Waals surface area (Å²) in [4.78, 5) is 14.8. The highest BCUT2D eigenvalue weighted by Gasteiger charge is 2.32. The molecule has 0 saturated carbocycles. The average Bonchev–Trinajstić information content (AvgIpc) is 2.63. The van der Waals surface area contributed by atoms with E-state index in [9.17, 15) is 4.79 Å². The Labute approximate surface area is 145 Å². The molecule has 4 nitrogen and oxygen atoms in total. The van der Waals surface area contributed by atoms with Gasteiger partial charge in [0.05, 0.1) is 20.3 Å². The Hall–Kier alpha value is -1.55. The maximum atomic E-state index is 12.8. The number of benzene rings is 1. The minimum atomic E-state index is 0.0714. The van der Waals surface area contributed by atoms with Crippen molar-refractivity contribution in [3.8, 4) is 5.75 Å². The Balaban J connectivity index is 1.78. The molecule has 2 atom stereocenters. The third-order valence-corrected chi connectivity index (χ3v) is 5.88. The number of nitrogens with zero attached hydrogens (tertiary/aromatic N) is 1. The van der Waals surface area contributed by atoms with E-state index in [-0.39, 0.29) is 5.92 Å². The van der Waals surface area contributed by atoms with Crippen molar-refractivity contribution in [2.24, 2.45) is 11.8 Å². The lowest BCUT2D eigenvalue weighted by atomic mass is 9.74. The van der Waals surface area contributed by atoms with E-state index >= 15 is 0 Å². The Bertz CT molecular complexity index is 620. The molecular weight excluding hydrogens is 302 g/mol. The van der Waals surface area contributed by atoms with Crippen LogP contribution < -0.4 is 4.74 Å². The van der Waals surface area contributed by atoms with Gasteiger partial charge >= 0.3 is 0 Å². The van der Waals surface area contributed by atoms with E-state index in [2.05, 4.69) is 26.8 Å². The van der Waals surface area contributed by atoms with Crippen LogP contribution in [-0.4, -0.2) is 44.2 Å².